The van der Waals surface area contributed by atoms with Crippen molar-refractivity contribution in [2.75, 3.05) is 0 Å². The van der Waals surface area contributed by atoms with Crippen molar-refractivity contribution in [2.24, 2.45) is 0 Å². The molecule has 0 fully saturated rings. The van der Waals surface area contributed by atoms with Crippen molar-refractivity contribution in [3.05, 3.63) is 102 Å². The molecule has 0 spiro atoms. The number of rotatable bonds is 7. The first-order valence-corrected chi connectivity index (χ1v) is 9.97. The normalized spacial score (nSPS) is 12.6. The molecule has 150 valence electrons. The summed E-state index contributed by atoms with van der Waals surface area (Å²) < 4.78 is 0. The van der Waals surface area contributed by atoms with Crippen LogP contribution in [0.15, 0.2) is 85.1 Å². The molecular formula is C25H29N3O. The summed E-state index contributed by atoms with van der Waals surface area (Å²) in [6, 6.07) is 25.7. The molecule has 1 aromatic heterocycles. The molecule has 1 heterocycles. The van der Waals surface area contributed by atoms with Crippen molar-refractivity contribution in [1.29, 1.82) is 0 Å². The van der Waals surface area contributed by atoms with Gasteiger partial charge in [0.15, 0.2) is 0 Å². The van der Waals surface area contributed by atoms with E-state index >= 15 is 0 Å². The summed E-state index contributed by atoms with van der Waals surface area (Å²) in [6.07, 6.45) is 1.75. The van der Waals surface area contributed by atoms with Gasteiger partial charge >= 0.3 is 0 Å². The van der Waals surface area contributed by atoms with Crippen LogP contribution in [0.3, 0.4) is 0 Å². The number of amides is 1. The predicted octanol–water partition coefficient (Wildman–Crippen LogP) is 4.74. The molecule has 1 amide bonds. The molecular weight excluding hydrogens is 358 g/mol. The minimum Gasteiger partial charge on any atom is -0.350 e. The summed E-state index contributed by atoms with van der Waals surface area (Å²) in [6.45, 7) is 7.29. The second kappa shape index (κ2) is 9.48. The van der Waals surface area contributed by atoms with Crippen molar-refractivity contribution in [1.82, 2.24) is 15.2 Å². The molecule has 29 heavy (non-hydrogen) atoms. The van der Waals surface area contributed by atoms with Crippen molar-refractivity contribution in [2.45, 2.75) is 45.4 Å². The van der Waals surface area contributed by atoms with Gasteiger partial charge in [0.1, 0.15) is 6.04 Å². The van der Waals surface area contributed by atoms with Crippen molar-refractivity contribution in [3.8, 4) is 0 Å². The number of benzene rings is 2. The number of pyridine rings is 1. The van der Waals surface area contributed by atoms with Crippen molar-refractivity contribution < 1.29 is 4.79 Å². The standard InChI is InChI=1S/C25H29N3O/c1-25(2,3)27-24(29)23(22-16-10-11-17-26-22)28(18-20-12-6-4-7-13-20)19-21-14-8-5-9-15-21/h4-17,23H,18-19H2,1-3H3,(H,27,29). The Bertz CT molecular complexity index is 848. The Morgan fingerprint density at radius 1 is 0.862 bits per heavy atom. The molecule has 2 aromatic carbocycles. The van der Waals surface area contributed by atoms with E-state index in [0.29, 0.717) is 13.1 Å². The third kappa shape index (κ3) is 6.26. The third-order valence-electron chi connectivity index (χ3n) is 4.54. The fourth-order valence-corrected chi connectivity index (χ4v) is 3.34. The lowest BCUT2D eigenvalue weighted by atomic mass is 10.0. The number of aromatic nitrogens is 1. The molecule has 3 rings (SSSR count). The van der Waals surface area contributed by atoms with E-state index in [1.807, 2.05) is 75.4 Å². The van der Waals surface area contributed by atoms with E-state index in [9.17, 15) is 4.79 Å². The Kier molecular flexibility index (Phi) is 6.78. The van der Waals surface area contributed by atoms with Crippen LogP contribution < -0.4 is 5.32 Å². The van der Waals surface area contributed by atoms with Gasteiger partial charge in [-0.1, -0.05) is 66.7 Å². The molecule has 0 aliphatic carbocycles. The Labute approximate surface area is 173 Å². The lowest BCUT2D eigenvalue weighted by Crippen LogP contribution is -2.47. The van der Waals surface area contributed by atoms with Gasteiger partial charge in [-0.25, -0.2) is 0 Å². The van der Waals surface area contributed by atoms with Crippen LogP contribution in [0.4, 0.5) is 0 Å². The van der Waals surface area contributed by atoms with E-state index in [1.165, 1.54) is 0 Å². The molecule has 1 unspecified atom stereocenters. The summed E-state index contributed by atoms with van der Waals surface area (Å²) in [7, 11) is 0. The summed E-state index contributed by atoms with van der Waals surface area (Å²) in [4.78, 5) is 20.1. The van der Waals surface area contributed by atoms with Gasteiger partial charge in [0.25, 0.3) is 0 Å². The van der Waals surface area contributed by atoms with E-state index in [4.69, 9.17) is 0 Å². The number of carbonyl (C=O) groups excluding carboxylic acids is 1. The lowest BCUT2D eigenvalue weighted by molar-refractivity contribution is -0.128. The number of hydrogen-bond acceptors (Lipinski definition) is 3. The minimum atomic E-state index is -0.490. The van der Waals surface area contributed by atoms with Gasteiger partial charge in [0.2, 0.25) is 5.91 Å². The fraction of sp³-hybridized carbons (Fsp3) is 0.280. The van der Waals surface area contributed by atoms with E-state index in [2.05, 4.69) is 39.5 Å². The van der Waals surface area contributed by atoms with Crippen molar-refractivity contribution >= 4 is 5.91 Å². The zero-order chi connectivity index (χ0) is 20.7. The average Bonchev–Trinajstić information content (AvgIpc) is 2.69. The Morgan fingerprint density at radius 2 is 1.38 bits per heavy atom. The van der Waals surface area contributed by atoms with E-state index in [1.54, 1.807) is 6.20 Å². The van der Waals surface area contributed by atoms with Crippen LogP contribution in [-0.2, 0) is 17.9 Å². The zero-order valence-corrected chi connectivity index (χ0v) is 17.4. The summed E-state index contributed by atoms with van der Waals surface area (Å²) in [5.41, 5.74) is 2.75. The quantitative estimate of drug-likeness (QED) is 0.637. The Morgan fingerprint density at radius 3 is 1.83 bits per heavy atom. The highest BCUT2D eigenvalue weighted by atomic mass is 16.2. The second-order valence-corrected chi connectivity index (χ2v) is 8.27. The summed E-state index contributed by atoms with van der Waals surface area (Å²) in [5.74, 6) is -0.0388. The topological polar surface area (TPSA) is 45.2 Å². The van der Waals surface area contributed by atoms with Crippen LogP contribution in [0.5, 0.6) is 0 Å². The van der Waals surface area contributed by atoms with E-state index < -0.39 is 6.04 Å². The summed E-state index contributed by atoms with van der Waals surface area (Å²) in [5, 5.41) is 3.15. The Hall–Kier alpha value is -2.98. The number of carbonyl (C=O) groups is 1. The molecule has 0 radical (unpaired) electrons. The van der Waals surface area contributed by atoms with Crippen LogP contribution in [0.1, 0.15) is 43.6 Å². The Balaban J connectivity index is 1.99. The van der Waals surface area contributed by atoms with Gasteiger partial charge in [0.05, 0.1) is 5.69 Å². The van der Waals surface area contributed by atoms with Crippen LogP contribution in [0.2, 0.25) is 0 Å². The first-order chi connectivity index (χ1) is 13.9. The van der Waals surface area contributed by atoms with Crippen LogP contribution in [0, 0.1) is 0 Å². The zero-order valence-electron chi connectivity index (χ0n) is 17.4. The summed E-state index contributed by atoms with van der Waals surface area (Å²) >= 11 is 0. The van der Waals surface area contributed by atoms with Crippen molar-refractivity contribution in [3.63, 3.8) is 0 Å². The minimum absolute atomic E-state index is 0.0388. The number of nitrogens with zero attached hydrogens (tertiary/aromatic N) is 2. The number of hydrogen-bond donors (Lipinski definition) is 1. The lowest BCUT2D eigenvalue weighted by Gasteiger charge is -2.33. The third-order valence-corrected chi connectivity index (χ3v) is 4.54. The molecule has 0 saturated heterocycles. The largest absolute Gasteiger partial charge is 0.350 e. The van der Waals surface area contributed by atoms with E-state index in [-0.39, 0.29) is 11.4 Å². The van der Waals surface area contributed by atoms with Crippen LogP contribution >= 0.6 is 0 Å². The maximum Gasteiger partial charge on any atom is 0.244 e. The fourth-order valence-electron chi connectivity index (χ4n) is 3.34. The van der Waals surface area contributed by atoms with Gasteiger partial charge in [-0.3, -0.25) is 14.7 Å². The molecule has 0 aliphatic heterocycles. The smallest absolute Gasteiger partial charge is 0.244 e. The van der Waals surface area contributed by atoms with Gasteiger partial charge in [-0.2, -0.15) is 0 Å². The molecule has 3 aromatic rings. The highest BCUT2D eigenvalue weighted by Gasteiger charge is 2.31. The second-order valence-electron chi connectivity index (χ2n) is 8.27. The molecule has 0 saturated carbocycles. The molecule has 4 nitrogen and oxygen atoms in total. The first-order valence-electron chi connectivity index (χ1n) is 9.97. The number of nitrogens with one attached hydrogen (secondary N) is 1. The monoisotopic (exact) mass is 387 g/mol. The maximum atomic E-state index is 13.4. The molecule has 1 N–H and O–H groups in total. The van der Waals surface area contributed by atoms with Crippen LogP contribution in [-0.4, -0.2) is 21.3 Å². The van der Waals surface area contributed by atoms with Gasteiger partial charge in [-0.15, -0.1) is 0 Å². The van der Waals surface area contributed by atoms with Crippen LogP contribution in [0.25, 0.3) is 0 Å². The van der Waals surface area contributed by atoms with E-state index in [0.717, 1.165) is 16.8 Å². The van der Waals surface area contributed by atoms with Gasteiger partial charge in [0, 0.05) is 24.8 Å². The highest BCUT2D eigenvalue weighted by Crippen LogP contribution is 2.25. The maximum absolute atomic E-state index is 13.4. The van der Waals surface area contributed by atoms with Gasteiger partial charge in [-0.05, 0) is 44.0 Å². The SMILES string of the molecule is CC(C)(C)NC(=O)C(c1ccccn1)N(Cc1ccccc1)Cc1ccccc1. The molecule has 4 heteroatoms. The highest BCUT2D eigenvalue weighted by molar-refractivity contribution is 5.83. The molecule has 0 aliphatic rings. The average molecular weight is 388 g/mol. The first kappa shape index (κ1) is 20.7. The van der Waals surface area contributed by atoms with Gasteiger partial charge < -0.3 is 5.32 Å². The molecule has 0 bridgehead atoms. The molecule has 1 atom stereocenters. The predicted molar refractivity (Wildman–Crippen MR) is 117 cm³/mol.